The molecule has 0 unspecified atom stereocenters. The van der Waals surface area contributed by atoms with Crippen LogP contribution in [0.4, 0.5) is 0 Å². The van der Waals surface area contributed by atoms with E-state index in [9.17, 15) is 0 Å². The highest BCUT2D eigenvalue weighted by Gasteiger charge is 1.95. The van der Waals surface area contributed by atoms with Gasteiger partial charge < -0.3 is 4.84 Å². The van der Waals surface area contributed by atoms with Gasteiger partial charge in [0.25, 0.3) is 0 Å². The first kappa shape index (κ1) is 8.03. The topological polar surface area (TPSA) is 59.9 Å². The van der Waals surface area contributed by atoms with Crippen LogP contribution in [0.1, 0.15) is 11.5 Å². The molecule has 0 saturated carbocycles. The molecule has 0 aliphatic heterocycles. The van der Waals surface area contributed by atoms with Gasteiger partial charge in [0, 0.05) is 0 Å². The molecule has 5 heteroatoms. The van der Waals surface area contributed by atoms with E-state index in [1.165, 1.54) is 0 Å². The number of aromatic nitrogens is 3. The molecule has 1 rings (SSSR count). The molecule has 1 heterocycles. The summed E-state index contributed by atoms with van der Waals surface area (Å²) in [6, 6.07) is 0. The van der Waals surface area contributed by atoms with Crippen LogP contribution in [0.15, 0.2) is 6.20 Å². The lowest BCUT2D eigenvalue weighted by Crippen LogP contribution is -2.14. The molecule has 0 radical (unpaired) electrons. The first-order chi connectivity index (χ1) is 5.33. The third-order valence-corrected chi connectivity index (χ3v) is 1.10. The summed E-state index contributed by atoms with van der Waals surface area (Å²) in [4.78, 5) is 8.72. The molecule has 0 bridgehead atoms. The Morgan fingerprint density at radius 3 is 3.09 bits per heavy atom. The van der Waals surface area contributed by atoms with Crippen LogP contribution < -0.4 is 5.48 Å². The quantitative estimate of drug-likeness (QED) is 0.612. The molecule has 0 saturated heterocycles. The number of rotatable bonds is 3. The second kappa shape index (κ2) is 3.95. The van der Waals surface area contributed by atoms with Crippen LogP contribution in [0.25, 0.3) is 0 Å². The van der Waals surface area contributed by atoms with Gasteiger partial charge in [-0.25, -0.2) is 4.98 Å². The molecule has 0 fully saturated rings. The molecule has 0 amide bonds. The minimum atomic E-state index is 0.477. The predicted molar refractivity (Wildman–Crippen MR) is 38.4 cm³/mol. The Morgan fingerprint density at radius 2 is 2.45 bits per heavy atom. The maximum absolute atomic E-state index is 4.63. The van der Waals surface area contributed by atoms with Gasteiger partial charge in [0.15, 0.2) is 5.82 Å². The van der Waals surface area contributed by atoms with Gasteiger partial charge in [0.2, 0.25) is 0 Å². The van der Waals surface area contributed by atoms with E-state index >= 15 is 0 Å². The Kier molecular flexibility index (Phi) is 2.88. The molecule has 11 heavy (non-hydrogen) atoms. The first-order valence-corrected chi connectivity index (χ1v) is 3.24. The lowest BCUT2D eigenvalue weighted by atomic mass is 10.5. The summed E-state index contributed by atoms with van der Waals surface area (Å²) in [6.07, 6.45) is 1.61. The highest BCUT2D eigenvalue weighted by molar-refractivity contribution is 4.92. The van der Waals surface area contributed by atoms with E-state index in [-0.39, 0.29) is 0 Å². The molecule has 1 aromatic rings. The van der Waals surface area contributed by atoms with Crippen molar-refractivity contribution in [2.24, 2.45) is 0 Å². The van der Waals surface area contributed by atoms with Crippen LogP contribution >= 0.6 is 0 Å². The van der Waals surface area contributed by atoms with Crippen molar-refractivity contribution >= 4 is 0 Å². The van der Waals surface area contributed by atoms with Crippen LogP contribution in [-0.2, 0) is 11.4 Å². The molecule has 0 spiro atoms. The molecule has 1 aromatic heterocycles. The molecule has 1 N–H and O–H groups in total. The zero-order chi connectivity index (χ0) is 8.10. The number of nitrogens with zero attached hydrogens (tertiary/aromatic N) is 3. The van der Waals surface area contributed by atoms with E-state index in [1.807, 2.05) is 6.92 Å². The maximum atomic E-state index is 4.63. The number of hydrogen-bond acceptors (Lipinski definition) is 5. The molecular formula is C6H10N4O. The van der Waals surface area contributed by atoms with Gasteiger partial charge in [0.05, 0.1) is 25.5 Å². The summed E-state index contributed by atoms with van der Waals surface area (Å²) in [6.45, 7) is 2.34. The molecule has 0 aliphatic rings. The second-order valence-electron chi connectivity index (χ2n) is 2.04. The fourth-order valence-electron chi connectivity index (χ4n) is 0.645. The van der Waals surface area contributed by atoms with Gasteiger partial charge in [0.1, 0.15) is 0 Å². The van der Waals surface area contributed by atoms with Crippen molar-refractivity contribution in [1.82, 2.24) is 20.7 Å². The Morgan fingerprint density at radius 1 is 1.64 bits per heavy atom. The van der Waals surface area contributed by atoms with Crippen LogP contribution in [0, 0.1) is 6.92 Å². The van der Waals surface area contributed by atoms with Gasteiger partial charge in [-0.2, -0.15) is 10.6 Å². The summed E-state index contributed by atoms with van der Waals surface area (Å²) in [5.41, 5.74) is 3.48. The number of hydrogen-bond donors (Lipinski definition) is 1. The summed E-state index contributed by atoms with van der Waals surface area (Å²) >= 11 is 0. The van der Waals surface area contributed by atoms with Crippen LogP contribution in [0.3, 0.4) is 0 Å². The van der Waals surface area contributed by atoms with E-state index in [0.29, 0.717) is 12.4 Å². The standard InChI is InChI=1S/C6H10N4O/c1-5-3-7-10-6(9-5)4-8-11-2/h3,8H,4H2,1-2H3. The molecule has 0 atom stereocenters. The molecule has 0 aromatic carbocycles. The van der Waals surface area contributed by atoms with Crippen LogP contribution in [-0.4, -0.2) is 22.3 Å². The van der Waals surface area contributed by atoms with Crippen LogP contribution in [0.2, 0.25) is 0 Å². The third kappa shape index (κ3) is 2.57. The highest BCUT2D eigenvalue weighted by Crippen LogP contribution is 1.88. The van der Waals surface area contributed by atoms with Crippen molar-refractivity contribution < 1.29 is 4.84 Å². The predicted octanol–water partition coefficient (Wildman–Crippen LogP) is -0.169. The van der Waals surface area contributed by atoms with Crippen molar-refractivity contribution in [1.29, 1.82) is 0 Å². The minimum Gasteiger partial charge on any atom is -0.305 e. The SMILES string of the molecule is CONCc1nncc(C)n1. The summed E-state index contributed by atoms with van der Waals surface area (Å²) in [5.74, 6) is 0.631. The van der Waals surface area contributed by atoms with Crippen molar-refractivity contribution in [2.75, 3.05) is 7.11 Å². The van der Waals surface area contributed by atoms with Crippen LogP contribution in [0.5, 0.6) is 0 Å². The monoisotopic (exact) mass is 154 g/mol. The molecule has 60 valence electrons. The fourth-order valence-corrected chi connectivity index (χ4v) is 0.645. The lowest BCUT2D eigenvalue weighted by molar-refractivity contribution is 0.0846. The summed E-state index contributed by atoms with van der Waals surface area (Å²) < 4.78 is 0. The normalized spacial score (nSPS) is 10.0. The Balaban J connectivity index is 2.56. The van der Waals surface area contributed by atoms with Gasteiger partial charge in [-0.1, -0.05) is 0 Å². The zero-order valence-corrected chi connectivity index (χ0v) is 6.53. The Hall–Kier alpha value is -1.07. The molecule has 0 aliphatic carbocycles. The second-order valence-corrected chi connectivity index (χ2v) is 2.04. The summed E-state index contributed by atoms with van der Waals surface area (Å²) in [7, 11) is 1.54. The molecule has 5 nitrogen and oxygen atoms in total. The maximum Gasteiger partial charge on any atom is 0.167 e. The average molecular weight is 154 g/mol. The van der Waals surface area contributed by atoms with Crippen molar-refractivity contribution in [2.45, 2.75) is 13.5 Å². The van der Waals surface area contributed by atoms with Gasteiger partial charge in [-0.15, -0.1) is 5.10 Å². The summed E-state index contributed by atoms with van der Waals surface area (Å²) in [5, 5.41) is 7.50. The Bertz CT molecular complexity index is 228. The highest BCUT2D eigenvalue weighted by atomic mass is 16.6. The van der Waals surface area contributed by atoms with E-state index in [4.69, 9.17) is 0 Å². The molecular weight excluding hydrogens is 144 g/mol. The largest absolute Gasteiger partial charge is 0.305 e. The fraction of sp³-hybridized carbons (Fsp3) is 0.500. The van der Waals surface area contributed by atoms with Crippen molar-refractivity contribution in [3.63, 3.8) is 0 Å². The van der Waals surface area contributed by atoms with Gasteiger partial charge >= 0.3 is 0 Å². The van der Waals surface area contributed by atoms with E-state index in [1.54, 1.807) is 13.3 Å². The zero-order valence-electron chi connectivity index (χ0n) is 6.53. The number of aryl methyl sites for hydroxylation is 1. The lowest BCUT2D eigenvalue weighted by Gasteiger charge is -1.98. The third-order valence-electron chi connectivity index (χ3n) is 1.10. The minimum absolute atomic E-state index is 0.477. The number of nitrogens with one attached hydrogen (secondary N) is 1. The van der Waals surface area contributed by atoms with E-state index in [2.05, 4.69) is 25.5 Å². The van der Waals surface area contributed by atoms with E-state index < -0.39 is 0 Å². The smallest absolute Gasteiger partial charge is 0.167 e. The van der Waals surface area contributed by atoms with E-state index in [0.717, 1.165) is 5.69 Å². The Labute approximate surface area is 64.8 Å². The van der Waals surface area contributed by atoms with Crippen molar-refractivity contribution in [3.8, 4) is 0 Å². The first-order valence-electron chi connectivity index (χ1n) is 3.24. The number of hydroxylamine groups is 1. The van der Waals surface area contributed by atoms with Crippen molar-refractivity contribution in [3.05, 3.63) is 17.7 Å². The van der Waals surface area contributed by atoms with Gasteiger partial charge in [-0.3, -0.25) is 0 Å². The van der Waals surface area contributed by atoms with Gasteiger partial charge in [-0.05, 0) is 6.92 Å². The average Bonchev–Trinajstić information content (AvgIpc) is 2.01.